The lowest BCUT2D eigenvalue weighted by Crippen LogP contribution is -2.41. The van der Waals surface area contributed by atoms with Gasteiger partial charge in [-0.2, -0.15) is 0 Å². The van der Waals surface area contributed by atoms with Crippen LogP contribution in [0.2, 0.25) is 0 Å². The van der Waals surface area contributed by atoms with Crippen LogP contribution in [-0.2, 0) is 4.79 Å². The van der Waals surface area contributed by atoms with Crippen molar-refractivity contribution < 1.29 is 4.79 Å². The van der Waals surface area contributed by atoms with Crippen LogP contribution in [-0.4, -0.2) is 30.3 Å². The summed E-state index contributed by atoms with van der Waals surface area (Å²) in [5, 5.41) is 0. The Morgan fingerprint density at radius 2 is 1.73 bits per heavy atom. The number of carbonyl (C=O) groups is 1. The zero-order chi connectivity index (χ0) is 15.3. The third-order valence-electron chi connectivity index (χ3n) is 4.24. The summed E-state index contributed by atoms with van der Waals surface area (Å²) in [6.45, 7) is 9.33. The zero-order valence-corrected chi connectivity index (χ0v) is 14.8. The van der Waals surface area contributed by atoms with Crippen molar-refractivity contribution in [3.63, 3.8) is 0 Å². The molecule has 0 amide bonds. The summed E-state index contributed by atoms with van der Waals surface area (Å²) in [5.41, 5.74) is 2.02. The molecule has 0 aromatic heterocycles. The van der Waals surface area contributed by atoms with Crippen LogP contribution >= 0.6 is 12.4 Å². The number of rotatable bonds is 5. The molecule has 0 unspecified atom stereocenters. The Bertz CT molecular complexity index is 499. The molecule has 0 bridgehead atoms. The van der Waals surface area contributed by atoms with Gasteiger partial charge in [0.2, 0.25) is 0 Å². The normalized spacial score (nSPS) is 16.5. The van der Waals surface area contributed by atoms with Crippen molar-refractivity contribution in [3.8, 4) is 0 Å². The van der Waals surface area contributed by atoms with Gasteiger partial charge in [-0.15, -0.1) is 12.4 Å². The molecule has 0 atom stereocenters. The summed E-state index contributed by atoms with van der Waals surface area (Å²) >= 11 is 0. The molecule has 1 heterocycles. The van der Waals surface area contributed by atoms with Crippen molar-refractivity contribution >= 4 is 24.3 Å². The summed E-state index contributed by atoms with van der Waals surface area (Å²) in [7, 11) is 0. The fraction of sp³-hybridized carbons (Fsp3) is 0.526. The molecule has 0 N–H and O–H groups in total. The largest absolute Gasteiger partial charge is 0.302 e. The van der Waals surface area contributed by atoms with Gasteiger partial charge in [0.1, 0.15) is 0 Å². The highest BCUT2D eigenvalue weighted by molar-refractivity contribution is 5.97. The van der Waals surface area contributed by atoms with Gasteiger partial charge in [0, 0.05) is 12.0 Å². The van der Waals surface area contributed by atoms with E-state index in [-0.39, 0.29) is 23.6 Å². The summed E-state index contributed by atoms with van der Waals surface area (Å²) in [6, 6.07) is 8.25. The van der Waals surface area contributed by atoms with Crippen LogP contribution in [0, 0.1) is 12.3 Å². The van der Waals surface area contributed by atoms with E-state index in [1.54, 1.807) is 6.08 Å². The molecule has 0 spiro atoms. The third-order valence-corrected chi connectivity index (χ3v) is 4.24. The van der Waals surface area contributed by atoms with Crippen molar-refractivity contribution in [3.05, 3.63) is 41.5 Å². The maximum Gasteiger partial charge on any atom is 0.162 e. The SMILES string of the molecule is Cc1ccc(C=CC(=O)C(C)(C)CN2CCCCC2)cc1.Cl. The Balaban J connectivity index is 0.00000242. The first-order chi connectivity index (χ1) is 9.97. The molecular formula is C19H28ClNO. The topological polar surface area (TPSA) is 20.3 Å². The molecule has 122 valence electrons. The minimum Gasteiger partial charge on any atom is -0.302 e. The van der Waals surface area contributed by atoms with Crippen LogP contribution in [0.25, 0.3) is 6.08 Å². The minimum atomic E-state index is -0.307. The van der Waals surface area contributed by atoms with Gasteiger partial charge in [-0.25, -0.2) is 0 Å². The van der Waals surface area contributed by atoms with Gasteiger partial charge in [-0.3, -0.25) is 4.79 Å². The Labute approximate surface area is 141 Å². The summed E-state index contributed by atoms with van der Waals surface area (Å²) < 4.78 is 0. The second-order valence-corrected chi connectivity index (χ2v) is 6.83. The Morgan fingerprint density at radius 3 is 2.32 bits per heavy atom. The molecule has 0 saturated carbocycles. The molecule has 1 saturated heterocycles. The maximum atomic E-state index is 12.5. The summed E-state index contributed by atoms with van der Waals surface area (Å²) in [6.07, 6.45) is 7.54. The molecule has 3 heteroatoms. The number of hydrogen-bond acceptors (Lipinski definition) is 2. The molecule has 0 aliphatic carbocycles. The first-order valence-corrected chi connectivity index (χ1v) is 7.99. The molecule has 2 nitrogen and oxygen atoms in total. The predicted octanol–water partition coefficient (Wildman–Crippen LogP) is 4.51. The fourth-order valence-electron chi connectivity index (χ4n) is 2.83. The van der Waals surface area contributed by atoms with Crippen molar-refractivity contribution in [2.45, 2.75) is 40.0 Å². The average molecular weight is 322 g/mol. The van der Waals surface area contributed by atoms with E-state index in [0.29, 0.717) is 0 Å². The second-order valence-electron chi connectivity index (χ2n) is 6.83. The summed E-state index contributed by atoms with van der Waals surface area (Å²) in [4.78, 5) is 14.9. The second kappa shape index (κ2) is 8.50. The smallest absolute Gasteiger partial charge is 0.162 e. The molecule has 1 aromatic rings. The van der Waals surface area contributed by atoms with Crippen LogP contribution in [0.5, 0.6) is 0 Å². The monoisotopic (exact) mass is 321 g/mol. The van der Waals surface area contributed by atoms with Crippen molar-refractivity contribution in [2.24, 2.45) is 5.41 Å². The lowest BCUT2D eigenvalue weighted by atomic mass is 9.86. The van der Waals surface area contributed by atoms with Crippen molar-refractivity contribution in [2.75, 3.05) is 19.6 Å². The highest BCUT2D eigenvalue weighted by atomic mass is 35.5. The number of allylic oxidation sites excluding steroid dienone is 1. The van der Waals surface area contributed by atoms with Crippen LogP contribution in [0.4, 0.5) is 0 Å². The van der Waals surface area contributed by atoms with Crippen LogP contribution < -0.4 is 0 Å². The number of nitrogens with zero attached hydrogens (tertiary/aromatic N) is 1. The van der Waals surface area contributed by atoms with E-state index in [4.69, 9.17) is 0 Å². The summed E-state index contributed by atoms with van der Waals surface area (Å²) in [5.74, 6) is 0.216. The molecule has 22 heavy (non-hydrogen) atoms. The van der Waals surface area contributed by atoms with Gasteiger partial charge in [-0.05, 0) is 44.5 Å². The lowest BCUT2D eigenvalue weighted by Gasteiger charge is -2.33. The van der Waals surface area contributed by atoms with E-state index in [0.717, 1.165) is 25.2 Å². The lowest BCUT2D eigenvalue weighted by molar-refractivity contribution is -0.123. The first kappa shape index (κ1) is 18.9. The molecule has 2 rings (SSSR count). The number of hydrogen-bond donors (Lipinski definition) is 0. The van der Waals surface area contributed by atoms with E-state index in [1.165, 1.54) is 24.8 Å². The van der Waals surface area contributed by atoms with Crippen molar-refractivity contribution in [1.82, 2.24) is 4.90 Å². The minimum absolute atomic E-state index is 0. The van der Waals surface area contributed by atoms with Crippen LogP contribution in [0.3, 0.4) is 0 Å². The zero-order valence-electron chi connectivity index (χ0n) is 14.0. The molecular weight excluding hydrogens is 294 g/mol. The van der Waals surface area contributed by atoms with Crippen LogP contribution in [0.1, 0.15) is 44.2 Å². The van der Waals surface area contributed by atoms with E-state index in [2.05, 4.69) is 49.9 Å². The van der Waals surface area contributed by atoms with Gasteiger partial charge in [0.25, 0.3) is 0 Å². The van der Waals surface area contributed by atoms with Gasteiger partial charge in [0.05, 0.1) is 0 Å². The van der Waals surface area contributed by atoms with E-state index in [9.17, 15) is 4.79 Å². The molecule has 1 aromatic carbocycles. The van der Waals surface area contributed by atoms with Gasteiger partial charge < -0.3 is 4.90 Å². The fourth-order valence-corrected chi connectivity index (χ4v) is 2.83. The average Bonchev–Trinajstić information content (AvgIpc) is 2.47. The van der Waals surface area contributed by atoms with E-state index >= 15 is 0 Å². The van der Waals surface area contributed by atoms with Gasteiger partial charge in [0.15, 0.2) is 5.78 Å². The number of halogens is 1. The maximum absolute atomic E-state index is 12.5. The number of ketones is 1. The highest BCUT2D eigenvalue weighted by Gasteiger charge is 2.28. The van der Waals surface area contributed by atoms with Gasteiger partial charge >= 0.3 is 0 Å². The molecule has 1 aliphatic rings. The highest BCUT2D eigenvalue weighted by Crippen LogP contribution is 2.22. The van der Waals surface area contributed by atoms with Crippen LogP contribution in [0.15, 0.2) is 30.3 Å². The number of piperidine rings is 1. The molecule has 0 radical (unpaired) electrons. The van der Waals surface area contributed by atoms with E-state index < -0.39 is 0 Å². The first-order valence-electron chi connectivity index (χ1n) is 7.99. The Kier molecular flexibility index (Phi) is 7.31. The number of likely N-dealkylation sites (tertiary alicyclic amines) is 1. The van der Waals surface area contributed by atoms with Crippen molar-refractivity contribution in [1.29, 1.82) is 0 Å². The number of benzene rings is 1. The third kappa shape index (κ3) is 5.58. The Morgan fingerprint density at radius 1 is 1.14 bits per heavy atom. The standard InChI is InChI=1S/C19H27NO.ClH/c1-16-7-9-17(10-8-16)11-12-18(21)19(2,3)15-20-13-5-4-6-14-20;/h7-12H,4-6,13-15H2,1-3H3;1H. The molecule has 1 fully saturated rings. The number of aryl methyl sites for hydroxylation is 1. The predicted molar refractivity (Wildman–Crippen MR) is 96.5 cm³/mol. The Hall–Kier alpha value is -1.12. The molecule has 1 aliphatic heterocycles. The van der Waals surface area contributed by atoms with E-state index in [1.807, 2.05) is 6.08 Å². The quantitative estimate of drug-likeness (QED) is 0.744. The van der Waals surface area contributed by atoms with Gasteiger partial charge in [-0.1, -0.05) is 56.2 Å². The number of carbonyl (C=O) groups excluding carboxylic acids is 1.